The lowest BCUT2D eigenvalue weighted by Crippen LogP contribution is -2.31. The summed E-state index contributed by atoms with van der Waals surface area (Å²) in [5.41, 5.74) is 0.653. The van der Waals surface area contributed by atoms with Crippen LogP contribution in [0.2, 0.25) is 0 Å². The van der Waals surface area contributed by atoms with Crippen molar-refractivity contribution < 1.29 is 14.3 Å². The summed E-state index contributed by atoms with van der Waals surface area (Å²) in [6, 6.07) is 5.04. The Morgan fingerprint density at radius 2 is 2.14 bits per heavy atom. The molecule has 0 fully saturated rings. The maximum absolute atomic E-state index is 11.8. The molecule has 0 saturated heterocycles. The number of imidazole rings is 1. The number of anilines is 1. The van der Waals surface area contributed by atoms with E-state index in [9.17, 15) is 4.79 Å². The molecule has 1 aliphatic heterocycles. The molecule has 7 nitrogen and oxygen atoms in total. The Morgan fingerprint density at radius 3 is 2.91 bits per heavy atom. The second-order valence-corrected chi connectivity index (χ2v) is 5.45. The summed E-state index contributed by atoms with van der Waals surface area (Å²) in [4.78, 5) is 15.8. The number of rotatable bonds is 4. The molecule has 1 aromatic carbocycles. The number of aromatic nitrogens is 2. The maximum Gasteiger partial charge on any atom is 0.319 e. The van der Waals surface area contributed by atoms with Crippen molar-refractivity contribution >= 4 is 11.7 Å². The monoisotopic (exact) mass is 302 g/mol. The topological polar surface area (TPSA) is 77.4 Å². The van der Waals surface area contributed by atoms with Crippen molar-refractivity contribution in [3.05, 3.63) is 36.9 Å². The number of amides is 2. The molecule has 2 amide bonds. The molecule has 2 N–H and O–H groups in total. The van der Waals surface area contributed by atoms with Gasteiger partial charge in [0.1, 0.15) is 0 Å². The van der Waals surface area contributed by atoms with Crippen LogP contribution in [-0.2, 0) is 6.54 Å². The average molecular weight is 302 g/mol. The largest absolute Gasteiger partial charge is 0.449 e. The molecule has 1 aromatic heterocycles. The van der Waals surface area contributed by atoms with Gasteiger partial charge in [-0.15, -0.1) is 0 Å². The number of fused-ring (bicyclic) bond motifs is 1. The number of benzene rings is 1. The lowest BCUT2D eigenvalue weighted by Gasteiger charge is -2.16. The molecule has 22 heavy (non-hydrogen) atoms. The van der Waals surface area contributed by atoms with E-state index < -0.39 is 5.79 Å². The van der Waals surface area contributed by atoms with Gasteiger partial charge in [-0.1, -0.05) is 0 Å². The quantitative estimate of drug-likeness (QED) is 0.907. The summed E-state index contributed by atoms with van der Waals surface area (Å²) >= 11 is 0. The van der Waals surface area contributed by atoms with E-state index in [1.54, 1.807) is 30.7 Å². The number of hydrogen-bond donors (Lipinski definition) is 2. The molecular weight excluding hydrogens is 284 g/mol. The smallest absolute Gasteiger partial charge is 0.319 e. The van der Waals surface area contributed by atoms with Crippen LogP contribution in [0.4, 0.5) is 10.5 Å². The Bertz CT molecular complexity index is 667. The summed E-state index contributed by atoms with van der Waals surface area (Å²) in [7, 11) is 0. The lowest BCUT2D eigenvalue weighted by atomic mass is 10.3. The molecular formula is C15H18N4O3. The standard InChI is InChI=1S/C15H18N4O3/c1-15(2)21-12-4-3-11(9-13(12)22-15)18-14(20)17-6-8-19-7-5-16-10-19/h3-5,7,9-10H,6,8H2,1-2H3,(H2,17,18,20). The Balaban J connectivity index is 1.52. The average Bonchev–Trinajstić information content (AvgIpc) is 3.04. The SMILES string of the molecule is CC1(C)Oc2ccc(NC(=O)NCCn3ccnc3)cc2O1. The third-order valence-corrected chi connectivity index (χ3v) is 3.13. The summed E-state index contributed by atoms with van der Waals surface area (Å²) in [5.74, 6) is 0.630. The van der Waals surface area contributed by atoms with Gasteiger partial charge in [-0.25, -0.2) is 9.78 Å². The van der Waals surface area contributed by atoms with Crippen LogP contribution in [0.15, 0.2) is 36.9 Å². The number of hydrogen-bond acceptors (Lipinski definition) is 4. The van der Waals surface area contributed by atoms with Gasteiger partial charge in [0.15, 0.2) is 11.5 Å². The summed E-state index contributed by atoms with van der Waals surface area (Å²) < 4.78 is 13.1. The van der Waals surface area contributed by atoms with E-state index in [-0.39, 0.29) is 6.03 Å². The van der Waals surface area contributed by atoms with Crippen LogP contribution in [0, 0.1) is 0 Å². The zero-order valence-electron chi connectivity index (χ0n) is 12.5. The first kappa shape index (κ1) is 14.2. The van der Waals surface area contributed by atoms with E-state index in [0.717, 1.165) is 0 Å². The number of urea groups is 1. The Hall–Kier alpha value is -2.70. The van der Waals surface area contributed by atoms with Crippen molar-refractivity contribution in [2.24, 2.45) is 0 Å². The van der Waals surface area contributed by atoms with Gasteiger partial charge in [0.05, 0.1) is 6.33 Å². The molecule has 116 valence electrons. The highest BCUT2D eigenvalue weighted by molar-refractivity contribution is 5.89. The van der Waals surface area contributed by atoms with Crippen LogP contribution < -0.4 is 20.1 Å². The first-order chi connectivity index (χ1) is 10.5. The van der Waals surface area contributed by atoms with Crippen LogP contribution in [0.5, 0.6) is 11.5 Å². The van der Waals surface area contributed by atoms with Crippen LogP contribution >= 0.6 is 0 Å². The van der Waals surface area contributed by atoms with Crippen molar-refractivity contribution in [3.8, 4) is 11.5 Å². The fraction of sp³-hybridized carbons (Fsp3) is 0.333. The van der Waals surface area contributed by atoms with Crippen molar-refractivity contribution in [3.63, 3.8) is 0 Å². The van der Waals surface area contributed by atoms with Crippen LogP contribution in [0.25, 0.3) is 0 Å². The number of carbonyl (C=O) groups is 1. The molecule has 0 radical (unpaired) electrons. The molecule has 7 heteroatoms. The van der Waals surface area contributed by atoms with E-state index >= 15 is 0 Å². The summed E-state index contributed by atoms with van der Waals surface area (Å²) in [6.45, 7) is 4.86. The molecule has 0 saturated carbocycles. The Labute approximate surface area is 128 Å². The number of carbonyl (C=O) groups excluding carboxylic acids is 1. The zero-order valence-corrected chi connectivity index (χ0v) is 12.5. The van der Waals surface area contributed by atoms with Gasteiger partial charge in [-0.05, 0) is 12.1 Å². The minimum atomic E-state index is -0.673. The minimum Gasteiger partial charge on any atom is -0.449 e. The molecule has 2 heterocycles. The second kappa shape index (κ2) is 5.59. The van der Waals surface area contributed by atoms with Crippen molar-refractivity contribution in [1.82, 2.24) is 14.9 Å². The third kappa shape index (κ3) is 3.30. The van der Waals surface area contributed by atoms with E-state index in [1.807, 2.05) is 24.6 Å². The molecule has 0 unspecified atom stereocenters. The van der Waals surface area contributed by atoms with E-state index in [2.05, 4.69) is 15.6 Å². The lowest BCUT2D eigenvalue weighted by molar-refractivity contribution is -0.0431. The van der Waals surface area contributed by atoms with Gasteiger partial charge in [-0.2, -0.15) is 0 Å². The van der Waals surface area contributed by atoms with E-state index in [1.165, 1.54) is 0 Å². The van der Waals surface area contributed by atoms with Gasteiger partial charge in [0.2, 0.25) is 5.79 Å². The first-order valence-corrected chi connectivity index (χ1v) is 7.04. The van der Waals surface area contributed by atoms with Crippen molar-refractivity contribution in [1.29, 1.82) is 0 Å². The Morgan fingerprint density at radius 1 is 1.32 bits per heavy atom. The fourth-order valence-electron chi connectivity index (χ4n) is 2.19. The number of ether oxygens (including phenoxy) is 2. The summed E-state index contributed by atoms with van der Waals surface area (Å²) in [5, 5.41) is 5.55. The van der Waals surface area contributed by atoms with Crippen molar-refractivity contribution in [2.75, 3.05) is 11.9 Å². The minimum absolute atomic E-state index is 0.266. The first-order valence-electron chi connectivity index (χ1n) is 7.04. The number of nitrogens with zero attached hydrogens (tertiary/aromatic N) is 2. The predicted octanol–water partition coefficient (Wildman–Crippen LogP) is 2.21. The molecule has 1 aliphatic rings. The molecule has 0 aliphatic carbocycles. The second-order valence-electron chi connectivity index (χ2n) is 5.45. The number of nitrogens with one attached hydrogen (secondary N) is 2. The van der Waals surface area contributed by atoms with Crippen LogP contribution in [0.3, 0.4) is 0 Å². The normalized spacial score (nSPS) is 14.6. The highest BCUT2D eigenvalue weighted by Gasteiger charge is 2.31. The highest BCUT2D eigenvalue weighted by atomic mass is 16.7. The molecule has 0 spiro atoms. The summed E-state index contributed by atoms with van der Waals surface area (Å²) in [6.07, 6.45) is 5.26. The highest BCUT2D eigenvalue weighted by Crippen LogP contribution is 2.40. The molecule has 3 rings (SSSR count). The van der Waals surface area contributed by atoms with Gasteiger partial charge < -0.3 is 24.7 Å². The van der Waals surface area contributed by atoms with Crippen LogP contribution in [-0.4, -0.2) is 27.9 Å². The van der Waals surface area contributed by atoms with E-state index in [4.69, 9.17) is 9.47 Å². The predicted molar refractivity (Wildman–Crippen MR) is 81.0 cm³/mol. The van der Waals surface area contributed by atoms with Crippen molar-refractivity contribution in [2.45, 2.75) is 26.2 Å². The third-order valence-electron chi connectivity index (χ3n) is 3.13. The van der Waals surface area contributed by atoms with Gasteiger partial charge in [0, 0.05) is 51.1 Å². The molecule has 0 atom stereocenters. The fourth-order valence-corrected chi connectivity index (χ4v) is 2.19. The zero-order chi connectivity index (χ0) is 15.6. The molecule has 2 aromatic rings. The molecule has 0 bridgehead atoms. The Kier molecular flexibility index (Phi) is 3.62. The maximum atomic E-state index is 11.8. The van der Waals surface area contributed by atoms with Gasteiger partial charge in [-0.3, -0.25) is 0 Å². The van der Waals surface area contributed by atoms with Crippen LogP contribution in [0.1, 0.15) is 13.8 Å². The van der Waals surface area contributed by atoms with Gasteiger partial charge in [0.25, 0.3) is 0 Å². The van der Waals surface area contributed by atoms with E-state index in [0.29, 0.717) is 30.3 Å². The van der Waals surface area contributed by atoms with Gasteiger partial charge >= 0.3 is 6.03 Å².